The fraction of sp³-hybridized carbons (Fsp3) is 0.0385. The summed E-state index contributed by atoms with van der Waals surface area (Å²) < 4.78 is 33.6. The predicted molar refractivity (Wildman–Crippen MR) is 138 cm³/mol. The van der Waals surface area contributed by atoms with Gasteiger partial charge in [-0.3, -0.25) is 9.82 Å². The van der Waals surface area contributed by atoms with Crippen LogP contribution in [0, 0.1) is 6.92 Å². The molecule has 0 aliphatic heterocycles. The van der Waals surface area contributed by atoms with Crippen molar-refractivity contribution >= 4 is 27.3 Å². The van der Waals surface area contributed by atoms with Crippen LogP contribution in [0.4, 0.5) is 17.3 Å². The van der Waals surface area contributed by atoms with E-state index in [2.05, 4.69) is 30.2 Å². The molecular formula is C26H22N6O3S. The quantitative estimate of drug-likeness (QED) is 0.258. The molecule has 36 heavy (non-hydrogen) atoms. The number of rotatable bonds is 8. The second kappa shape index (κ2) is 9.88. The van der Waals surface area contributed by atoms with Gasteiger partial charge in [-0.25, -0.2) is 8.42 Å². The van der Waals surface area contributed by atoms with E-state index >= 15 is 0 Å². The molecule has 5 rings (SSSR count). The van der Waals surface area contributed by atoms with Crippen molar-refractivity contribution < 1.29 is 13.2 Å². The molecule has 0 bridgehead atoms. The summed E-state index contributed by atoms with van der Waals surface area (Å²) in [6, 6.07) is 28.2. The van der Waals surface area contributed by atoms with Gasteiger partial charge in [0.05, 0.1) is 10.6 Å². The number of ether oxygens (including phenoxy) is 1. The van der Waals surface area contributed by atoms with Gasteiger partial charge in [0.25, 0.3) is 10.0 Å². The van der Waals surface area contributed by atoms with Gasteiger partial charge in [-0.05, 0) is 43.3 Å². The lowest BCUT2D eigenvalue weighted by atomic mass is 10.1. The number of aromatic amines is 1. The first kappa shape index (κ1) is 23.1. The van der Waals surface area contributed by atoms with Gasteiger partial charge in [0.15, 0.2) is 5.82 Å². The molecule has 0 fully saturated rings. The van der Waals surface area contributed by atoms with Crippen molar-refractivity contribution in [1.29, 1.82) is 0 Å². The molecule has 9 nitrogen and oxygen atoms in total. The Balaban J connectivity index is 1.38. The second-order valence-electron chi connectivity index (χ2n) is 7.89. The third-order valence-electron chi connectivity index (χ3n) is 5.11. The van der Waals surface area contributed by atoms with Crippen LogP contribution in [0.2, 0.25) is 0 Å². The lowest BCUT2D eigenvalue weighted by molar-refractivity contribution is 0.443. The molecule has 0 saturated heterocycles. The number of sulfonamides is 1. The van der Waals surface area contributed by atoms with Gasteiger partial charge in [0.2, 0.25) is 0 Å². The van der Waals surface area contributed by atoms with E-state index in [1.165, 1.54) is 12.1 Å². The minimum Gasteiger partial charge on any atom is -0.424 e. The molecule has 2 heterocycles. The minimum absolute atomic E-state index is 0.128. The Morgan fingerprint density at radius 1 is 0.806 bits per heavy atom. The standard InChI is InChI=1S/C26H22N6O3S/c1-18-16-25(31-30-18)28-24-17-23(19-8-4-2-5-9-19)27-26(29-24)35-21-14-12-20(13-15-21)32-36(33,34)22-10-6-3-7-11-22/h2-17,32H,1H3,(H2,27,28,29,30,31). The van der Waals surface area contributed by atoms with Crippen LogP contribution in [0.5, 0.6) is 11.8 Å². The molecular weight excluding hydrogens is 476 g/mol. The molecule has 3 aromatic carbocycles. The summed E-state index contributed by atoms with van der Waals surface area (Å²) in [6.45, 7) is 1.91. The second-order valence-corrected chi connectivity index (χ2v) is 9.58. The highest BCUT2D eigenvalue weighted by molar-refractivity contribution is 7.92. The van der Waals surface area contributed by atoms with Crippen molar-refractivity contribution in [3.63, 3.8) is 0 Å². The Hall–Kier alpha value is -4.70. The van der Waals surface area contributed by atoms with Gasteiger partial charge in [0, 0.05) is 29.1 Å². The number of nitrogens with zero attached hydrogens (tertiary/aromatic N) is 3. The first-order chi connectivity index (χ1) is 17.4. The Labute approximate surface area is 208 Å². The average Bonchev–Trinajstić information content (AvgIpc) is 3.30. The molecule has 0 aliphatic rings. The van der Waals surface area contributed by atoms with Crippen LogP contribution in [-0.4, -0.2) is 28.6 Å². The van der Waals surface area contributed by atoms with Crippen LogP contribution >= 0.6 is 0 Å². The van der Waals surface area contributed by atoms with E-state index < -0.39 is 10.0 Å². The summed E-state index contributed by atoms with van der Waals surface area (Å²) in [5, 5.41) is 10.2. The maximum atomic E-state index is 12.6. The number of benzene rings is 3. The number of aromatic nitrogens is 4. The summed E-state index contributed by atoms with van der Waals surface area (Å²) in [5.41, 5.74) is 2.88. The van der Waals surface area contributed by atoms with E-state index in [-0.39, 0.29) is 10.9 Å². The summed E-state index contributed by atoms with van der Waals surface area (Å²) in [6.07, 6.45) is 0. The van der Waals surface area contributed by atoms with Crippen molar-refractivity contribution in [1.82, 2.24) is 20.2 Å². The summed E-state index contributed by atoms with van der Waals surface area (Å²) >= 11 is 0. The summed E-state index contributed by atoms with van der Waals surface area (Å²) in [4.78, 5) is 9.21. The molecule has 3 N–H and O–H groups in total. The molecule has 0 atom stereocenters. The molecule has 0 radical (unpaired) electrons. The molecule has 180 valence electrons. The van der Waals surface area contributed by atoms with Crippen molar-refractivity contribution in [2.75, 3.05) is 10.0 Å². The number of hydrogen-bond donors (Lipinski definition) is 3. The van der Waals surface area contributed by atoms with E-state index in [4.69, 9.17) is 4.74 Å². The van der Waals surface area contributed by atoms with E-state index in [1.54, 1.807) is 42.5 Å². The molecule has 0 saturated carbocycles. The van der Waals surface area contributed by atoms with Crippen LogP contribution < -0.4 is 14.8 Å². The Morgan fingerprint density at radius 2 is 1.50 bits per heavy atom. The van der Waals surface area contributed by atoms with Crippen LogP contribution in [0.15, 0.2) is 102 Å². The van der Waals surface area contributed by atoms with Gasteiger partial charge in [-0.2, -0.15) is 15.1 Å². The Morgan fingerprint density at radius 3 is 2.17 bits per heavy atom. The lowest BCUT2D eigenvalue weighted by Crippen LogP contribution is -2.12. The van der Waals surface area contributed by atoms with Gasteiger partial charge in [-0.1, -0.05) is 48.5 Å². The number of aryl methyl sites for hydroxylation is 1. The minimum atomic E-state index is -3.69. The van der Waals surface area contributed by atoms with Crippen molar-refractivity contribution in [3.8, 4) is 23.0 Å². The number of nitrogens with one attached hydrogen (secondary N) is 3. The lowest BCUT2D eigenvalue weighted by Gasteiger charge is -2.11. The van der Waals surface area contributed by atoms with Crippen LogP contribution in [0.1, 0.15) is 5.69 Å². The van der Waals surface area contributed by atoms with Crippen LogP contribution in [0.25, 0.3) is 11.3 Å². The maximum Gasteiger partial charge on any atom is 0.324 e. The number of H-pyrrole nitrogens is 1. The third-order valence-corrected chi connectivity index (χ3v) is 6.50. The normalized spacial score (nSPS) is 11.1. The molecule has 2 aromatic heterocycles. The summed E-state index contributed by atoms with van der Waals surface area (Å²) in [5.74, 6) is 1.58. The number of anilines is 3. The zero-order chi connectivity index (χ0) is 25.0. The average molecular weight is 499 g/mol. The van der Waals surface area contributed by atoms with E-state index in [1.807, 2.05) is 49.4 Å². The smallest absolute Gasteiger partial charge is 0.324 e. The first-order valence-corrected chi connectivity index (χ1v) is 12.5. The molecule has 0 amide bonds. The van der Waals surface area contributed by atoms with Crippen LogP contribution in [-0.2, 0) is 10.0 Å². The SMILES string of the molecule is Cc1cc(Nc2cc(-c3ccccc3)nc(Oc3ccc(NS(=O)(=O)c4ccccc4)cc3)n2)n[nH]1. The monoisotopic (exact) mass is 498 g/mol. The maximum absolute atomic E-state index is 12.6. The highest BCUT2D eigenvalue weighted by atomic mass is 32.2. The molecule has 5 aromatic rings. The van der Waals surface area contributed by atoms with Gasteiger partial charge in [-0.15, -0.1) is 0 Å². The Bertz CT molecular complexity index is 1570. The van der Waals surface area contributed by atoms with E-state index in [9.17, 15) is 8.42 Å². The Kier molecular flexibility index (Phi) is 6.33. The number of hydrogen-bond acceptors (Lipinski definition) is 7. The highest BCUT2D eigenvalue weighted by Gasteiger charge is 2.14. The third kappa shape index (κ3) is 5.50. The topological polar surface area (TPSA) is 122 Å². The fourth-order valence-electron chi connectivity index (χ4n) is 3.42. The van der Waals surface area contributed by atoms with Gasteiger partial charge < -0.3 is 10.1 Å². The summed E-state index contributed by atoms with van der Waals surface area (Å²) in [7, 11) is -3.69. The first-order valence-electron chi connectivity index (χ1n) is 11.0. The fourth-order valence-corrected chi connectivity index (χ4v) is 4.49. The van der Waals surface area contributed by atoms with E-state index in [0.717, 1.165) is 11.3 Å². The predicted octanol–water partition coefficient (Wildman–Crippen LogP) is 5.51. The molecule has 0 aliphatic carbocycles. The molecule has 10 heteroatoms. The van der Waals surface area contributed by atoms with Crippen molar-refractivity contribution in [3.05, 3.63) is 103 Å². The van der Waals surface area contributed by atoms with Gasteiger partial charge >= 0.3 is 6.01 Å². The zero-order valence-corrected chi connectivity index (χ0v) is 20.0. The van der Waals surface area contributed by atoms with Crippen molar-refractivity contribution in [2.45, 2.75) is 11.8 Å². The van der Waals surface area contributed by atoms with Crippen LogP contribution in [0.3, 0.4) is 0 Å². The van der Waals surface area contributed by atoms with Crippen molar-refractivity contribution in [2.24, 2.45) is 0 Å². The zero-order valence-electron chi connectivity index (χ0n) is 19.2. The van der Waals surface area contributed by atoms with Gasteiger partial charge in [0.1, 0.15) is 11.6 Å². The molecule has 0 spiro atoms. The molecule has 0 unspecified atom stereocenters. The highest BCUT2D eigenvalue weighted by Crippen LogP contribution is 2.27. The van der Waals surface area contributed by atoms with E-state index in [0.29, 0.717) is 28.8 Å². The largest absolute Gasteiger partial charge is 0.424 e.